The number of nitrogens with zero attached hydrogens (tertiary/aromatic N) is 2. The van der Waals surface area contributed by atoms with E-state index in [9.17, 15) is 4.79 Å². The maximum atomic E-state index is 12.1. The first kappa shape index (κ1) is 25.4. The van der Waals surface area contributed by atoms with E-state index in [0.29, 0.717) is 12.3 Å². The van der Waals surface area contributed by atoms with E-state index in [1.165, 1.54) is 0 Å². The monoisotopic (exact) mass is 414 g/mol. The lowest BCUT2D eigenvalue weighted by Gasteiger charge is -2.12. The van der Waals surface area contributed by atoms with Crippen LogP contribution in [0.5, 0.6) is 0 Å². The third kappa shape index (κ3) is 8.78. The van der Waals surface area contributed by atoms with Crippen LogP contribution in [0.3, 0.4) is 0 Å². The molecule has 2 aromatic rings. The second-order valence-corrected chi connectivity index (χ2v) is 6.77. The summed E-state index contributed by atoms with van der Waals surface area (Å²) < 4.78 is 2.16. The van der Waals surface area contributed by atoms with E-state index in [4.69, 9.17) is 5.73 Å². The minimum atomic E-state index is 0. The van der Waals surface area contributed by atoms with E-state index in [0.717, 1.165) is 55.8 Å². The van der Waals surface area contributed by atoms with Crippen LogP contribution in [0.25, 0.3) is 0 Å². The number of carbonyl (C=O) groups is 1. The van der Waals surface area contributed by atoms with Crippen molar-refractivity contribution in [1.82, 2.24) is 9.55 Å². The minimum Gasteiger partial charge on any atom is -0.330 e. The van der Waals surface area contributed by atoms with E-state index in [-0.39, 0.29) is 30.7 Å². The molecule has 1 heterocycles. The van der Waals surface area contributed by atoms with Crippen LogP contribution in [-0.2, 0) is 11.3 Å². The quantitative estimate of drug-likeness (QED) is 0.550. The molecule has 0 atom stereocenters. The molecule has 0 radical (unpaired) electrons. The Morgan fingerprint density at radius 1 is 1.19 bits per heavy atom. The lowest BCUT2D eigenvalue weighted by atomic mass is 10.1. The van der Waals surface area contributed by atoms with E-state index < -0.39 is 0 Å². The summed E-state index contributed by atoms with van der Waals surface area (Å²) in [5.74, 6) is 1.54. The molecule has 7 heteroatoms. The Balaban J connectivity index is 0.00000338. The predicted octanol–water partition coefficient (Wildman–Crippen LogP) is 4.75. The molecule has 0 unspecified atom stereocenters. The summed E-state index contributed by atoms with van der Waals surface area (Å²) in [5.41, 5.74) is 7.49. The number of hydrogen-bond donors (Lipinski definition) is 2. The van der Waals surface area contributed by atoms with Gasteiger partial charge in [-0.3, -0.25) is 4.79 Å². The van der Waals surface area contributed by atoms with Gasteiger partial charge in [-0.15, -0.1) is 24.8 Å². The molecule has 5 nitrogen and oxygen atoms in total. The van der Waals surface area contributed by atoms with Crippen molar-refractivity contribution in [2.24, 2.45) is 5.73 Å². The Morgan fingerprint density at radius 3 is 2.63 bits per heavy atom. The van der Waals surface area contributed by atoms with Crippen LogP contribution in [0.15, 0.2) is 36.7 Å². The number of hydrogen-bond acceptors (Lipinski definition) is 3. The number of carbonyl (C=O) groups excluding carboxylic acids is 1. The van der Waals surface area contributed by atoms with Gasteiger partial charge < -0.3 is 15.6 Å². The summed E-state index contributed by atoms with van der Waals surface area (Å²) >= 11 is 0. The summed E-state index contributed by atoms with van der Waals surface area (Å²) in [6.45, 7) is 5.77. The van der Waals surface area contributed by atoms with Crippen LogP contribution in [0.2, 0.25) is 0 Å². The first-order valence-electron chi connectivity index (χ1n) is 9.20. The van der Waals surface area contributed by atoms with Crippen molar-refractivity contribution in [1.29, 1.82) is 0 Å². The fourth-order valence-electron chi connectivity index (χ4n) is 2.91. The summed E-state index contributed by atoms with van der Waals surface area (Å²) in [7, 11) is 0. The van der Waals surface area contributed by atoms with Crippen LogP contribution in [0.1, 0.15) is 63.3 Å². The summed E-state index contributed by atoms with van der Waals surface area (Å²) in [6.07, 6.45) is 8.52. The number of halogens is 2. The van der Waals surface area contributed by atoms with Crippen LogP contribution >= 0.6 is 24.8 Å². The van der Waals surface area contributed by atoms with E-state index >= 15 is 0 Å². The molecule has 0 saturated carbocycles. The average Bonchev–Trinajstić information content (AvgIpc) is 3.03. The molecule has 0 bridgehead atoms. The molecule has 1 amide bonds. The molecule has 27 heavy (non-hydrogen) atoms. The summed E-state index contributed by atoms with van der Waals surface area (Å²) in [5, 5.41) is 3.00. The van der Waals surface area contributed by atoms with Crippen LogP contribution in [-0.4, -0.2) is 22.0 Å². The molecule has 0 spiro atoms. The van der Waals surface area contributed by atoms with Crippen LogP contribution in [0, 0.1) is 0 Å². The van der Waals surface area contributed by atoms with Gasteiger partial charge in [0.25, 0.3) is 0 Å². The SMILES string of the molecule is CC(C)c1nccn1Cc1cccc(NC(=O)CCCCCCN)c1.Cl.Cl. The number of nitrogens with one attached hydrogen (secondary N) is 1. The normalized spacial score (nSPS) is 10.2. The molecule has 152 valence electrons. The summed E-state index contributed by atoms with van der Waals surface area (Å²) in [4.78, 5) is 16.5. The van der Waals surface area contributed by atoms with Gasteiger partial charge in [-0.2, -0.15) is 0 Å². The van der Waals surface area contributed by atoms with Gasteiger partial charge >= 0.3 is 0 Å². The number of benzene rings is 1. The fourth-order valence-corrected chi connectivity index (χ4v) is 2.91. The first-order chi connectivity index (χ1) is 12.1. The zero-order valence-electron chi connectivity index (χ0n) is 16.2. The van der Waals surface area contributed by atoms with Crippen LogP contribution < -0.4 is 11.1 Å². The molecular weight excluding hydrogens is 383 g/mol. The molecular formula is C20H32Cl2N4O. The Morgan fingerprint density at radius 2 is 1.93 bits per heavy atom. The van der Waals surface area contributed by atoms with Crippen LogP contribution in [0.4, 0.5) is 5.69 Å². The number of rotatable bonds is 10. The van der Waals surface area contributed by atoms with Gasteiger partial charge in [0, 0.05) is 37.0 Å². The van der Waals surface area contributed by atoms with Crippen molar-refractivity contribution in [3.8, 4) is 0 Å². The lowest BCUT2D eigenvalue weighted by molar-refractivity contribution is -0.116. The van der Waals surface area contributed by atoms with Gasteiger partial charge in [0.1, 0.15) is 5.82 Å². The fraction of sp³-hybridized carbons (Fsp3) is 0.500. The Hall–Kier alpha value is -1.56. The largest absolute Gasteiger partial charge is 0.330 e. The van der Waals surface area contributed by atoms with Gasteiger partial charge in [-0.25, -0.2) is 4.98 Å². The second kappa shape index (κ2) is 13.6. The number of unbranched alkanes of at least 4 members (excludes halogenated alkanes) is 3. The number of amides is 1. The maximum Gasteiger partial charge on any atom is 0.224 e. The Kier molecular flexibility index (Phi) is 12.8. The van der Waals surface area contributed by atoms with Gasteiger partial charge in [0.15, 0.2) is 0 Å². The molecule has 3 N–H and O–H groups in total. The smallest absolute Gasteiger partial charge is 0.224 e. The van der Waals surface area contributed by atoms with Crippen molar-refractivity contribution < 1.29 is 4.79 Å². The van der Waals surface area contributed by atoms with Crippen molar-refractivity contribution in [2.75, 3.05) is 11.9 Å². The van der Waals surface area contributed by atoms with Gasteiger partial charge in [-0.1, -0.05) is 38.8 Å². The third-order valence-corrected chi connectivity index (χ3v) is 4.19. The highest BCUT2D eigenvalue weighted by Crippen LogP contribution is 2.17. The Bertz CT molecular complexity index is 674. The molecule has 0 fully saturated rings. The van der Waals surface area contributed by atoms with Crippen molar-refractivity contribution in [2.45, 2.75) is 58.4 Å². The number of nitrogens with two attached hydrogens (primary N) is 1. The van der Waals surface area contributed by atoms with Gasteiger partial charge in [-0.05, 0) is 37.1 Å². The highest BCUT2D eigenvalue weighted by molar-refractivity contribution is 5.90. The first-order valence-corrected chi connectivity index (χ1v) is 9.20. The molecule has 0 aliphatic carbocycles. The molecule has 1 aromatic heterocycles. The summed E-state index contributed by atoms with van der Waals surface area (Å²) in [6, 6.07) is 8.04. The van der Waals surface area contributed by atoms with Crippen molar-refractivity contribution >= 4 is 36.4 Å². The van der Waals surface area contributed by atoms with Gasteiger partial charge in [0.2, 0.25) is 5.91 Å². The standard InChI is InChI=1S/C20H30N4O.2ClH/c1-16(2)20-22-12-13-24(20)15-17-8-7-9-18(14-17)23-19(25)10-5-3-4-6-11-21;;/h7-9,12-14,16H,3-6,10-11,15,21H2,1-2H3,(H,23,25);2*1H. The van der Waals surface area contributed by atoms with Crippen molar-refractivity contribution in [3.63, 3.8) is 0 Å². The number of imidazole rings is 1. The maximum absolute atomic E-state index is 12.1. The molecule has 0 saturated heterocycles. The predicted molar refractivity (Wildman–Crippen MR) is 117 cm³/mol. The molecule has 2 rings (SSSR count). The van der Waals surface area contributed by atoms with E-state index in [1.54, 1.807) is 0 Å². The zero-order valence-corrected chi connectivity index (χ0v) is 17.8. The topological polar surface area (TPSA) is 72.9 Å². The zero-order chi connectivity index (χ0) is 18.1. The minimum absolute atomic E-state index is 0. The van der Waals surface area contributed by atoms with E-state index in [2.05, 4.69) is 34.8 Å². The average molecular weight is 415 g/mol. The molecule has 1 aromatic carbocycles. The third-order valence-electron chi connectivity index (χ3n) is 4.19. The highest BCUT2D eigenvalue weighted by atomic mass is 35.5. The van der Waals surface area contributed by atoms with Gasteiger partial charge in [0.05, 0.1) is 0 Å². The lowest BCUT2D eigenvalue weighted by Crippen LogP contribution is -2.12. The Labute approximate surface area is 174 Å². The van der Waals surface area contributed by atoms with Crippen molar-refractivity contribution in [3.05, 3.63) is 48.0 Å². The second-order valence-electron chi connectivity index (χ2n) is 6.77. The molecule has 0 aliphatic rings. The molecule has 0 aliphatic heterocycles. The highest BCUT2D eigenvalue weighted by Gasteiger charge is 2.08. The number of anilines is 1. The van der Waals surface area contributed by atoms with E-state index in [1.807, 2.05) is 30.6 Å². The number of aromatic nitrogens is 2.